The minimum atomic E-state index is 0.199. The van der Waals surface area contributed by atoms with Crippen LogP contribution in [0.4, 0.5) is 0 Å². The van der Waals surface area contributed by atoms with Crippen LogP contribution in [0.2, 0.25) is 0 Å². The quantitative estimate of drug-likeness (QED) is 0.837. The molecule has 2 amide bonds. The zero-order chi connectivity index (χ0) is 16.7. The molecule has 2 aliphatic carbocycles. The molecule has 0 aromatic carbocycles. The van der Waals surface area contributed by atoms with Gasteiger partial charge in [0.2, 0.25) is 11.8 Å². The molecule has 4 aliphatic rings. The molecule has 2 aliphatic heterocycles. The third kappa shape index (κ3) is 2.96. The predicted octanol–water partition coefficient (Wildman–Crippen LogP) is 1.75. The molecule has 0 radical (unpaired) electrons. The van der Waals surface area contributed by atoms with Gasteiger partial charge in [-0.3, -0.25) is 9.59 Å². The molecule has 2 bridgehead atoms. The zero-order valence-corrected chi connectivity index (χ0v) is 14.7. The summed E-state index contributed by atoms with van der Waals surface area (Å²) in [5, 5.41) is 0. The summed E-state index contributed by atoms with van der Waals surface area (Å²) in [7, 11) is 0. The average Bonchev–Trinajstić information content (AvgIpc) is 3.00. The van der Waals surface area contributed by atoms with Gasteiger partial charge in [-0.15, -0.1) is 0 Å². The number of carbonyl (C=O) groups is 2. The first-order chi connectivity index (χ1) is 11.6. The average molecular weight is 333 g/mol. The van der Waals surface area contributed by atoms with Gasteiger partial charge in [-0.2, -0.15) is 0 Å². The first-order valence-corrected chi connectivity index (χ1v) is 9.97. The summed E-state index contributed by atoms with van der Waals surface area (Å²) in [6, 6.07) is 0.693. The topological polar surface area (TPSA) is 66.6 Å². The van der Waals surface area contributed by atoms with E-state index in [9.17, 15) is 9.59 Å². The van der Waals surface area contributed by atoms with Crippen molar-refractivity contribution in [2.45, 2.75) is 69.9 Å². The highest BCUT2D eigenvalue weighted by Crippen LogP contribution is 2.42. The maximum absolute atomic E-state index is 13.0. The largest absolute Gasteiger partial charge is 0.342 e. The molecule has 5 nitrogen and oxygen atoms in total. The van der Waals surface area contributed by atoms with Crippen LogP contribution in [0.3, 0.4) is 0 Å². The second kappa shape index (κ2) is 6.66. The number of hydrogen-bond acceptors (Lipinski definition) is 3. The summed E-state index contributed by atoms with van der Waals surface area (Å²) in [6.07, 6.45) is 9.34. The standard InChI is InChI=1S/C19H31N3O2/c20-18-13-3-1-4-14(18)12-15(11-13)19(24)21-9-6-16(7-10-21)22-8-2-5-17(22)23/h13-16,18H,1-12,20H2. The molecule has 2 saturated heterocycles. The van der Waals surface area contributed by atoms with E-state index in [0.717, 1.165) is 51.7 Å². The van der Waals surface area contributed by atoms with Crippen LogP contribution >= 0.6 is 0 Å². The summed E-state index contributed by atoms with van der Waals surface area (Å²) < 4.78 is 0. The lowest BCUT2D eigenvalue weighted by atomic mass is 9.65. The van der Waals surface area contributed by atoms with Crippen molar-refractivity contribution in [3.8, 4) is 0 Å². The molecule has 134 valence electrons. The van der Waals surface area contributed by atoms with E-state index in [2.05, 4.69) is 9.80 Å². The summed E-state index contributed by atoms with van der Waals surface area (Å²) in [4.78, 5) is 29.0. The molecule has 24 heavy (non-hydrogen) atoms. The van der Waals surface area contributed by atoms with Crippen molar-refractivity contribution >= 4 is 11.8 Å². The van der Waals surface area contributed by atoms with E-state index in [-0.39, 0.29) is 5.92 Å². The lowest BCUT2D eigenvalue weighted by molar-refractivity contribution is -0.140. The molecular formula is C19H31N3O2. The van der Waals surface area contributed by atoms with E-state index >= 15 is 0 Å². The van der Waals surface area contributed by atoms with Gasteiger partial charge in [0.25, 0.3) is 0 Å². The number of likely N-dealkylation sites (tertiary alicyclic amines) is 2. The van der Waals surface area contributed by atoms with Crippen molar-refractivity contribution in [1.82, 2.24) is 9.80 Å². The molecule has 2 atom stereocenters. The van der Waals surface area contributed by atoms with Crippen LogP contribution in [0.1, 0.15) is 57.8 Å². The molecule has 0 spiro atoms. The number of nitrogens with two attached hydrogens (primary N) is 1. The Morgan fingerprint density at radius 3 is 2.21 bits per heavy atom. The highest BCUT2D eigenvalue weighted by molar-refractivity contribution is 5.80. The molecule has 4 fully saturated rings. The van der Waals surface area contributed by atoms with E-state index in [1.165, 1.54) is 19.3 Å². The number of hydrogen-bond donors (Lipinski definition) is 1. The van der Waals surface area contributed by atoms with Gasteiger partial charge in [-0.25, -0.2) is 0 Å². The number of piperidine rings is 1. The molecule has 0 aromatic heterocycles. The first-order valence-electron chi connectivity index (χ1n) is 9.97. The Hall–Kier alpha value is -1.10. The summed E-state index contributed by atoms with van der Waals surface area (Å²) in [6.45, 7) is 2.57. The molecule has 0 aromatic rings. The van der Waals surface area contributed by atoms with Gasteiger partial charge in [-0.05, 0) is 56.8 Å². The minimum Gasteiger partial charge on any atom is -0.342 e. The number of fused-ring (bicyclic) bond motifs is 2. The monoisotopic (exact) mass is 333 g/mol. The maximum atomic E-state index is 13.0. The predicted molar refractivity (Wildman–Crippen MR) is 92.1 cm³/mol. The van der Waals surface area contributed by atoms with Gasteiger partial charge >= 0.3 is 0 Å². The molecule has 2 N–H and O–H groups in total. The van der Waals surface area contributed by atoms with Crippen molar-refractivity contribution in [2.24, 2.45) is 23.5 Å². The summed E-state index contributed by atoms with van der Waals surface area (Å²) >= 11 is 0. The third-order valence-electron chi connectivity index (χ3n) is 7.09. The van der Waals surface area contributed by atoms with Crippen molar-refractivity contribution in [1.29, 1.82) is 0 Å². The van der Waals surface area contributed by atoms with Crippen molar-refractivity contribution < 1.29 is 9.59 Å². The summed E-state index contributed by atoms with van der Waals surface area (Å²) in [5.74, 6) is 2.00. The molecule has 2 saturated carbocycles. The van der Waals surface area contributed by atoms with Crippen molar-refractivity contribution in [3.05, 3.63) is 0 Å². The maximum Gasteiger partial charge on any atom is 0.225 e. The smallest absolute Gasteiger partial charge is 0.225 e. The highest BCUT2D eigenvalue weighted by atomic mass is 16.2. The van der Waals surface area contributed by atoms with Gasteiger partial charge in [0.15, 0.2) is 0 Å². The fourth-order valence-corrected chi connectivity index (χ4v) is 5.70. The Balaban J connectivity index is 1.32. The van der Waals surface area contributed by atoms with Crippen LogP contribution in [0.5, 0.6) is 0 Å². The van der Waals surface area contributed by atoms with Crippen LogP contribution in [-0.4, -0.2) is 53.3 Å². The molecule has 4 rings (SSSR count). The van der Waals surface area contributed by atoms with Crippen LogP contribution in [0.15, 0.2) is 0 Å². The van der Waals surface area contributed by atoms with Crippen LogP contribution in [0.25, 0.3) is 0 Å². The normalized spacial score (nSPS) is 37.8. The minimum absolute atomic E-state index is 0.199. The van der Waals surface area contributed by atoms with Crippen LogP contribution < -0.4 is 5.73 Å². The van der Waals surface area contributed by atoms with Gasteiger partial charge in [0.05, 0.1) is 0 Å². The van der Waals surface area contributed by atoms with Gasteiger partial charge < -0.3 is 15.5 Å². The van der Waals surface area contributed by atoms with E-state index < -0.39 is 0 Å². The fourth-order valence-electron chi connectivity index (χ4n) is 5.70. The number of amides is 2. The second-order valence-electron chi connectivity index (χ2n) is 8.44. The molecule has 2 unspecified atom stereocenters. The fraction of sp³-hybridized carbons (Fsp3) is 0.895. The van der Waals surface area contributed by atoms with E-state index in [1.807, 2.05) is 0 Å². The first kappa shape index (κ1) is 16.4. The van der Waals surface area contributed by atoms with Gasteiger partial charge in [-0.1, -0.05) is 6.42 Å². The lowest BCUT2D eigenvalue weighted by Crippen LogP contribution is -2.52. The Bertz CT molecular complexity index is 487. The highest BCUT2D eigenvalue weighted by Gasteiger charge is 2.42. The lowest BCUT2D eigenvalue weighted by Gasteiger charge is -2.45. The van der Waals surface area contributed by atoms with Crippen molar-refractivity contribution in [3.63, 3.8) is 0 Å². The van der Waals surface area contributed by atoms with E-state index in [0.29, 0.717) is 42.2 Å². The Morgan fingerprint density at radius 1 is 0.958 bits per heavy atom. The number of rotatable bonds is 2. The Labute approximate surface area is 144 Å². The Kier molecular flexibility index (Phi) is 4.54. The molecule has 5 heteroatoms. The van der Waals surface area contributed by atoms with Crippen LogP contribution in [-0.2, 0) is 9.59 Å². The van der Waals surface area contributed by atoms with Gasteiger partial charge in [0.1, 0.15) is 0 Å². The SMILES string of the molecule is NC1C2CCCC1CC(C(=O)N1CCC(N3CCCC3=O)CC1)C2. The molecule has 2 heterocycles. The van der Waals surface area contributed by atoms with E-state index in [1.54, 1.807) is 0 Å². The van der Waals surface area contributed by atoms with Gasteiger partial charge in [0, 0.05) is 44.1 Å². The zero-order valence-electron chi connectivity index (χ0n) is 14.7. The number of nitrogens with zero attached hydrogens (tertiary/aromatic N) is 2. The third-order valence-corrected chi connectivity index (χ3v) is 7.09. The second-order valence-corrected chi connectivity index (χ2v) is 8.44. The van der Waals surface area contributed by atoms with Crippen LogP contribution in [0, 0.1) is 17.8 Å². The van der Waals surface area contributed by atoms with E-state index in [4.69, 9.17) is 5.73 Å². The van der Waals surface area contributed by atoms with Crippen molar-refractivity contribution in [2.75, 3.05) is 19.6 Å². The Morgan fingerprint density at radius 2 is 1.62 bits per heavy atom. The summed E-state index contributed by atoms with van der Waals surface area (Å²) in [5.41, 5.74) is 6.36. The number of carbonyl (C=O) groups excluding carboxylic acids is 2. The molecular weight excluding hydrogens is 302 g/mol.